The van der Waals surface area contributed by atoms with Crippen LogP contribution in [-0.4, -0.2) is 34.2 Å². The first kappa shape index (κ1) is 20.3. The molecule has 2 atom stereocenters. The molecule has 1 fully saturated rings. The van der Waals surface area contributed by atoms with Gasteiger partial charge in [0.15, 0.2) is 0 Å². The number of carboxylic acid groups (broad SMARTS) is 2. The summed E-state index contributed by atoms with van der Waals surface area (Å²) in [5.41, 5.74) is 8.33. The molecule has 0 radical (unpaired) electrons. The van der Waals surface area contributed by atoms with Gasteiger partial charge < -0.3 is 21.3 Å². The number of nitrogens with two attached hydrogens (primary N) is 1. The van der Waals surface area contributed by atoms with Crippen LogP contribution in [0, 0.1) is 18.8 Å². The van der Waals surface area contributed by atoms with Crippen molar-refractivity contribution in [1.29, 1.82) is 0 Å². The number of alkyl halides is 3. The van der Waals surface area contributed by atoms with E-state index in [2.05, 4.69) is 5.32 Å². The van der Waals surface area contributed by atoms with Crippen molar-refractivity contribution in [1.82, 2.24) is 5.32 Å². The van der Waals surface area contributed by atoms with E-state index in [1.807, 2.05) is 19.1 Å². The molecule has 0 heterocycles. The number of anilines is 1. The summed E-state index contributed by atoms with van der Waals surface area (Å²) in [5.74, 6) is -4.72. The second kappa shape index (κ2) is 7.86. The molecule has 1 aliphatic carbocycles. The van der Waals surface area contributed by atoms with Gasteiger partial charge in [-0.25, -0.2) is 4.79 Å². The highest BCUT2D eigenvalue weighted by Gasteiger charge is 2.48. The Morgan fingerprint density at radius 3 is 2.16 bits per heavy atom. The SMILES string of the molecule is Cc1cc(N)cc(CNC(=O)[C@@H]2C[C@H]2C(=O)O)c1.O=C(O)C(F)(F)F. The molecule has 0 unspecified atom stereocenters. The third-order valence-corrected chi connectivity index (χ3v) is 3.31. The van der Waals surface area contributed by atoms with Crippen LogP contribution in [0.5, 0.6) is 0 Å². The molecule has 25 heavy (non-hydrogen) atoms. The zero-order chi connectivity index (χ0) is 19.4. The maximum absolute atomic E-state index is 11.7. The maximum Gasteiger partial charge on any atom is 0.490 e. The Kier molecular flexibility index (Phi) is 6.37. The fourth-order valence-electron chi connectivity index (χ4n) is 2.07. The van der Waals surface area contributed by atoms with Crippen LogP contribution in [0.4, 0.5) is 18.9 Å². The lowest BCUT2D eigenvalue weighted by atomic mass is 10.1. The van der Waals surface area contributed by atoms with Crippen LogP contribution in [0.15, 0.2) is 18.2 Å². The predicted octanol–water partition coefficient (Wildman–Crippen LogP) is 1.55. The van der Waals surface area contributed by atoms with E-state index >= 15 is 0 Å². The highest BCUT2D eigenvalue weighted by molar-refractivity contribution is 5.89. The molecule has 10 heteroatoms. The number of carboxylic acids is 2. The summed E-state index contributed by atoms with van der Waals surface area (Å²) in [6, 6.07) is 5.60. The number of hydrogen-bond acceptors (Lipinski definition) is 4. The number of aliphatic carboxylic acids is 2. The van der Waals surface area contributed by atoms with E-state index < -0.39 is 24.0 Å². The standard InChI is InChI=1S/C13H16N2O3.C2HF3O2/c1-7-2-8(4-9(14)3-7)6-15-12(16)10-5-11(10)13(17)18;3-2(4,5)1(6)7/h2-4,10-11H,5-6,14H2,1H3,(H,15,16)(H,17,18);(H,6,7)/t10-,11-;/m1./s1. The van der Waals surface area contributed by atoms with Gasteiger partial charge in [-0.15, -0.1) is 0 Å². The number of hydrogen-bond donors (Lipinski definition) is 4. The fraction of sp³-hybridized carbons (Fsp3) is 0.400. The van der Waals surface area contributed by atoms with Crippen molar-refractivity contribution in [3.63, 3.8) is 0 Å². The molecule has 0 spiro atoms. The summed E-state index contributed by atoms with van der Waals surface area (Å²) in [4.78, 5) is 31.2. The van der Waals surface area contributed by atoms with Crippen LogP contribution in [-0.2, 0) is 20.9 Å². The molecule has 7 nitrogen and oxygen atoms in total. The average Bonchev–Trinajstić information content (AvgIpc) is 3.24. The largest absolute Gasteiger partial charge is 0.490 e. The molecule has 0 aromatic heterocycles. The summed E-state index contributed by atoms with van der Waals surface area (Å²) in [6.45, 7) is 2.32. The number of halogens is 3. The van der Waals surface area contributed by atoms with Gasteiger partial charge in [-0.05, 0) is 36.6 Å². The van der Waals surface area contributed by atoms with Crippen LogP contribution < -0.4 is 11.1 Å². The second-order valence-corrected chi connectivity index (χ2v) is 5.56. The van der Waals surface area contributed by atoms with Crippen molar-refractivity contribution < 1.29 is 37.8 Å². The molecule has 0 bridgehead atoms. The molecule has 0 aliphatic heterocycles. The molecule has 2 rings (SSSR count). The Labute approximate surface area is 140 Å². The Hall–Kier alpha value is -2.78. The molecule has 0 saturated heterocycles. The van der Waals surface area contributed by atoms with Crippen molar-refractivity contribution >= 4 is 23.5 Å². The fourth-order valence-corrected chi connectivity index (χ4v) is 2.07. The minimum Gasteiger partial charge on any atom is -0.481 e. The summed E-state index contributed by atoms with van der Waals surface area (Å²) in [7, 11) is 0. The lowest BCUT2D eigenvalue weighted by Gasteiger charge is -2.07. The number of nitrogens with one attached hydrogen (secondary N) is 1. The molecule has 138 valence electrons. The molecule has 1 amide bonds. The number of amides is 1. The second-order valence-electron chi connectivity index (χ2n) is 5.56. The van der Waals surface area contributed by atoms with Crippen molar-refractivity contribution in [3.8, 4) is 0 Å². The van der Waals surface area contributed by atoms with E-state index in [1.54, 1.807) is 6.07 Å². The van der Waals surface area contributed by atoms with Crippen LogP contribution in [0.3, 0.4) is 0 Å². The van der Waals surface area contributed by atoms with Gasteiger partial charge in [-0.2, -0.15) is 13.2 Å². The monoisotopic (exact) mass is 362 g/mol. The number of aryl methyl sites for hydroxylation is 1. The molecule has 5 N–H and O–H groups in total. The molecule has 1 saturated carbocycles. The number of carbonyl (C=O) groups is 3. The van der Waals surface area contributed by atoms with E-state index in [-0.39, 0.29) is 11.8 Å². The normalized spacial score (nSPS) is 18.6. The van der Waals surface area contributed by atoms with Crippen molar-refractivity contribution in [2.45, 2.75) is 26.1 Å². The van der Waals surface area contributed by atoms with E-state index in [0.717, 1.165) is 11.1 Å². The molecular formula is C15H17F3N2O5. The Morgan fingerprint density at radius 1 is 1.20 bits per heavy atom. The first-order valence-electron chi connectivity index (χ1n) is 7.08. The number of rotatable bonds is 4. The number of benzene rings is 1. The Balaban J connectivity index is 0.000000381. The minimum atomic E-state index is -5.08. The first-order chi connectivity index (χ1) is 11.4. The van der Waals surface area contributed by atoms with Crippen LogP contribution in [0.1, 0.15) is 17.5 Å². The summed E-state index contributed by atoms with van der Waals surface area (Å²) in [5, 5.41) is 18.6. The van der Waals surface area contributed by atoms with E-state index in [1.165, 1.54) is 0 Å². The van der Waals surface area contributed by atoms with Gasteiger partial charge in [0.1, 0.15) is 0 Å². The van der Waals surface area contributed by atoms with Crippen molar-refractivity contribution in [3.05, 3.63) is 29.3 Å². The van der Waals surface area contributed by atoms with Gasteiger partial charge in [-0.3, -0.25) is 9.59 Å². The van der Waals surface area contributed by atoms with Gasteiger partial charge in [0, 0.05) is 12.2 Å². The van der Waals surface area contributed by atoms with Crippen LogP contribution >= 0.6 is 0 Å². The van der Waals surface area contributed by atoms with Gasteiger partial charge in [0.2, 0.25) is 5.91 Å². The van der Waals surface area contributed by atoms with Crippen LogP contribution in [0.25, 0.3) is 0 Å². The van der Waals surface area contributed by atoms with Gasteiger partial charge in [-0.1, -0.05) is 6.07 Å². The zero-order valence-electron chi connectivity index (χ0n) is 13.1. The summed E-state index contributed by atoms with van der Waals surface area (Å²) in [6.07, 6.45) is -4.64. The topological polar surface area (TPSA) is 130 Å². The number of nitrogen functional groups attached to an aromatic ring is 1. The Morgan fingerprint density at radius 2 is 1.76 bits per heavy atom. The van der Waals surface area contributed by atoms with Crippen molar-refractivity contribution in [2.24, 2.45) is 11.8 Å². The van der Waals surface area contributed by atoms with Crippen molar-refractivity contribution in [2.75, 3.05) is 5.73 Å². The Bertz CT molecular complexity index is 655. The minimum absolute atomic E-state index is 0.192. The van der Waals surface area contributed by atoms with E-state index in [9.17, 15) is 22.8 Å². The summed E-state index contributed by atoms with van der Waals surface area (Å²) < 4.78 is 31.7. The molecule has 1 aromatic rings. The summed E-state index contributed by atoms with van der Waals surface area (Å²) >= 11 is 0. The van der Waals surface area contributed by atoms with E-state index in [0.29, 0.717) is 18.7 Å². The lowest BCUT2D eigenvalue weighted by molar-refractivity contribution is -0.192. The highest BCUT2D eigenvalue weighted by atomic mass is 19.4. The van der Waals surface area contributed by atoms with Crippen LogP contribution in [0.2, 0.25) is 0 Å². The average molecular weight is 362 g/mol. The quantitative estimate of drug-likeness (QED) is 0.601. The molecular weight excluding hydrogens is 345 g/mol. The van der Waals surface area contributed by atoms with Gasteiger partial charge >= 0.3 is 18.1 Å². The third kappa shape index (κ3) is 6.69. The molecule has 1 aliphatic rings. The number of carbonyl (C=O) groups excluding carboxylic acids is 1. The first-order valence-corrected chi connectivity index (χ1v) is 7.08. The van der Waals surface area contributed by atoms with Gasteiger partial charge in [0.25, 0.3) is 0 Å². The highest BCUT2D eigenvalue weighted by Crippen LogP contribution is 2.38. The zero-order valence-corrected chi connectivity index (χ0v) is 13.1. The maximum atomic E-state index is 11.7. The smallest absolute Gasteiger partial charge is 0.481 e. The van der Waals surface area contributed by atoms with E-state index in [4.69, 9.17) is 20.7 Å². The van der Waals surface area contributed by atoms with Gasteiger partial charge in [0.05, 0.1) is 11.8 Å². The predicted molar refractivity (Wildman–Crippen MR) is 80.4 cm³/mol. The molecule has 1 aromatic carbocycles. The lowest BCUT2D eigenvalue weighted by Crippen LogP contribution is -2.26. The third-order valence-electron chi connectivity index (χ3n) is 3.31.